The van der Waals surface area contributed by atoms with Crippen LogP contribution in [0.5, 0.6) is 5.88 Å². The van der Waals surface area contributed by atoms with Crippen molar-refractivity contribution in [1.29, 1.82) is 0 Å². The van der Waals surface area contributed by atoms with E-state index >= 15 is 0 Å². The summed E-state index contributed by atoms with van der Waals surface area (Å²) in [6, 6.07) is 9.09. The number of rotatable bonds is 7. The van der Waals surface area contributed by atoms with Crippen LogP contribution in [0.25, 0.3) is 0 Å². The second kappa shape index (κ2) is 8.75. The summed E-state index contributed by atoms with van der Waals surface area (Å²) < 4.78 is 5.33. The number of nitrogens with zero attached hydrogens (tertiary/aromatic N) is 1. The molecule has 1 aromatic carbocycles. The Hall–Kier alpha value is -1.78. The lowest BCUT2D eigenvalue weighted by atomic mass is 10.1. The van der Waals surface area contributed by atoms with E-state index in [0.29, 0.717) is 41.9 Å². The lowest BCUT2D eigenvalue weighted by molar-refractivity contribution is -0.121. The number of pyridine rings is 1. The zero-order valence-electron chi connectivity index (χ0n) is 12.8. The molecule has 2 rings (SSSR count). The van der Waals surface area contributed by atoms with Crippen molar-refractivity contribution in [2.45, 2.75) is 26.3 Å². The maximum atomic E-state index is 12.0. The average molecular weight is 353 g/mol. The molecule has 0 aliphatic carbocycles. The molecule has 0 radical (unpaired) electrons. The highest BCUT2D eigenvalue weighted by Crippen LogP contribution is 2.26. The van der Waals surface area contributed by atoms with Crippen molar-refractivity contribution in [2.75, 3.05) is 6.61 Å². The van der Waals surface area contributed by atoms with Gasteiger partial charge in [-0.1, -0.05) is 35.3 Å². The van der Waals surface area contributed by atoms with Crippen molar-refractivity contribution < 1.29 is 9.53 Å². The summed E-state index contributed by atoms with van der Waals surface area (Å²) >= 11 is 12.1. The molecule has 1 heterocycles. The van der Waals surface area contributed by atoms with Crippen LogP contribution in [-0.4, -0.2) is 17.5 Å². The Labute approximate surface area is 145 Å². The molecule has 0 aliphatic heterocycles. The van der Waals surface area contributed by atoms with Crippen LogP contribution in [0.1, 0.15) is 24.5 Å². The highest BCUT2D eigenvalue weighted by Gasteiger charge is 2.08. The normalized spacial score (nSPS) is 10.4. The van der Waals surface area contributed by atoms with Crippen LogP contribution in [-0.2, 0) is 17.8 Å². The standard InChI is InChI=1S/C17H18Cl2N2O2/c1-2-23-16-10-12(8-9-20-16)11-21-15(22)7-6-13-4-3-5-14(18)17(13)19/h3-5,8-10H,2,6-7,11H2,1H3,(H,21,22). The van der Waals surface area contributed by atoms with Gasteiger partial charge in [-0.2, -0.15) is 0 Å². The van der Waals surface area contributed by atoms with E-state index in [1.807, 2.05) is 31.2 Å². The van der Waals surface area contributed by atoms with E-state index < -0.39 is 0 Å². The molecule has 4 nitrogen and oxygen atoms in total. The van der Waals surface area contributed by atoms with Gasteiger partial charge in [-0.25, -0.2) is 4.98 Å². The third-order valence-corrected chi connectivity index (χ3v) is 4.09. The lowest BCUT2D eigenvalue weighted by Crippen LogP contribution is -2.23. The molecular weight excluding hydrogens is 335 g/mol. The van der Waals surface area contributed by atoms with Crippen LogP contribution in [0, 0.1) is 0 Å². The summed E-state index contributed by atoms with van der Waals surface area (Å²) in [6.07, 6.45) is 2.56. The molecule has 122 valence electrons. The lowest BCUT2D eigenvalue weighted by Gasteiger charge is -2.08. The average Bonchev–Trinajstić information content (AvgIpc) is 2.55. The van der Waals surface area contributed by atoms with Gasteiger partial charge in [-0.3, -0.25) is 4.79 Å². The predicted octanol–water partition coefficient (Wildman–Crippen LogP) is 4.04. The van der Waals surface area contributed by atoms with Crippen molar-refractivity contribution >= 4 is 29.1 Å². The number of carbonyl (C=O) groups excluding carboxylic acids is 1. The smallest absolute Gasteiger partial charge is 0.220 e. The van der Waals surface area contributed by atoms with Crippen molar-refractivity contribution in [3.05, 3.63) is 57.7 Å². The molecule has 0 atom stereocenters. The Bertz CT molecular complexity index is 677. The first kappa shape index (κ1) is 17.6. The zero-order valence-corrected chi connectivity index (χ0v) is 14.3. The van der Waals surface area contributed by atoms with Crippen molar-refractivity contribution in [3.63, 3.8) is 0 Å². The fourth-order valence-electron chi connectivity index (χ4n) is 2.07. The maximum Gasteiger partial charge on any atom is 0.220 e. The number of aryl methyl sites for hydroxylation is 1. The van der Waals surface area contributed by atoms with Gasteiger partial charge in [0.05, 0.1) is 16.7 Å². The van der Waals surface area contributed by atoms with Crippen LogP contribution in [0.4, 0.5) is 0 Å². The number of halogens is 2. The minimum atomic E-state index is -0.0455. The summed E-state index contributed by atoms with van der Waals surface area (Å²) in [6.45, 7) is 2.89. The molecule has 23 heavy (non-hydrogen) atoms. The first-order valence-electron chi connectivity index (χ1n) is 7.37. The molecule has 0 fully saturated rings. The highest BCUT2D eigenvalue weighted by atomic mass is 35.5. The van der Waals surface area contributed by atoms with E-state index in [4.69, 9.17) is 27.9 Å². The Morgan fingerprint density at radius 2 is 2.13 bits per heavy atom. The minimum Gasteiger partial charge on any atom is -0.478 e. The van der Waals surface area contributed by atoms with Gasteiger partial charge in [0.15, 0.2) is 0 Å². The van der Waals surface area contributed by atoms with Crippen LogP contribution in [0.2, 0.25) is 10.0 Å². The van der Waals surface area contributed by atoms with E-state index in [1.165, 1.54) is 0 Å². The van der Waals surface area contributed by atoms with Gasteiger partial charge in [0.1, 0.15) is 0 Å². The molecule has 6 heteroatoms. The third-order valence-electron chi connectivity index (χ3n) is 3.23. The molecule has 1 aromatic heterocycles. The molecule has 0 bridgehead atoms. The van der Waals surface area contributed by atoms with Gasteiger partial charge in [-0.15, -0.1) is 0 Å². The molecule has 0 saturated carbocycles. The fraction of sp³-hybridized carbons (Fsp3) is 0.294. The van der Waals surface area contributed by atoms with Gasteiger partial charge in [0, 0.05) is 25.2 Å². The molecule has 1 N–H and O–H groups in total. The number of hydrogen-bond donors (Lipinski definition) is 1. The van der Waals surface area contributed by atoms with Crippen molar-refractivity contribution in [3.8, 4) is 5.88 Å². The second-order valence-electron chi connectivity index (χ2n) is 4.93. The highest BCUT2D eigenvalue weighted by molar-refractivity contribution is 6.42. The van der Waals surface area contributed by atoms with Crippen molar-refractivity contribution in [2.24, 2.45) is 0 Å². The van der Waals surface area contributed by atoms with E-state index in [9.17, 15) is 4.79 Å². The summed E-state index contributed by atoms with van der Waals surface area (Å²) in [7, 11) is 0. The molecular formula is C17H18Cl2N2O2. The first-order chi connectivity index (χ1) is 11.1. The van der Waals surface area contributed by atoms with Gasteiger partial charge in [0.25, 0.3) is 0 Å². The largest absolute Gasteiger partial charge is 0.478 e. The Morgan fingerprint density at radius 3 is 2.91 bits per heavy atom. The van der Waals surface area contributed by atoms with E-state index in [1.54, 1.807) is 12.3 Å². The van der Waals surface area contributed by atoms with E-state index in [2.05, 4.69) is 10.3 Å². The number of amides is 1. The van der Waals surface area contributed by atoms with Gasteiger partial charge in [-0.05, 0) is 36.6 Å². The molecule has 0 aliphatic rings. The van der Waals surface area contributed by atoms with Gasteiger partial charge in [0.2, 0.25) is 11.8 Å². The number of benzene rings is 1. The third kappa shape index (κ3) is 5.41. The number of aromatic nitrogens is 1. The maximum absolute atomic E-state index is 12.0. The Balaban J connectivity index is 1.83. The topological polar surface area (TPSA) is 51.2 Å². The van der Waals surface area contributed by atoms with Gasteiger partial charge >= 0.3 is 0 Å². The first-order valence-corrected chi connectivity index (χ1v) is 8.13. The number of carbonyl (C=O) groups is 1. The Morgan fingerprint density at radius 1 is 1.30 bits per heavy atom. The second-order valence-corrected chi connectivity index (χ2v) is 5.71. The quantitative estimate of drug-likeness (QED) is 0.818. The van der Waals surface area contributed by atoms with Crippen LogP contribution >= 0.6 is 23.2 Å². The summed E-state index contributed by atoms with van der Waals surface area (Å²) in [4.78, 5) is 16.1. The summed E-state index contributed by atoms with van der Waals surface area (Å²) in [5.41, 5.74) is 1.81. The molecule has 0 spiro atoms. The number of ether oxygens (including phenoxy) is 1. The predicted molar refractivity (Wildman–Crippen MR) is 92.0 cm³/mol. The fourth-order valence-corrected chi connectivity index (χ4v) is 2.48. The number of nitrogens with one attached hydrogen (secondary N) is 1. The molecule has 0 unspecified atom stereocenters. The molecule has 0 saturated heterocycles. The van der Waals surface area contributed by atoms with Crippen LogP contribution in [0.15, 0.2) is 36.5 Å². The SMILES string of the molecule is CCOc1cc(CNC(=O)CCc2cccc(Cl)c2Cl)ccn1. The van der Waals surface area contributed by atoms with Crippen LogP contribution < -0.4 is 10.1 Å². The monoisotopic (exact) mass is 352 g/mol. The molecule has 1 amide bonds. The van der Waals surface area contributed by atoms with Crippen molar-refractivity contribution in [1.82, 2.24) is 10.3 Å². The minimum absolute atomic E-state index is 0.0455. The zero-order chi connectivity index (χ0) is 16.7. The van der Waals surface area contributed by atoms with Gasteiger partial charge < -0.3 is 10.1 Å². The molecule has 2 aromatic rings. The van der Waals surface area contributed by atoms with E-state index in [0.717, 1.165) is 11.1 Å². The Kier molecular flexibility index (Phi) is 6.68. The summed E-state index contributed by atoms with van der Waals surface area (Å²) in [5.74, 6) is 0.515. The number of hydrogen-bond acceptors (Lipinski definition) is 3. The summed E-state index contributed by atoms with van der Waals surface area (Å²) in [5, 5.41) is 3.89. The van der Waals surface area contributed by atoms with Crippen LogP contribution in [0.3, 0.4) is 0 Å². The van der Waals surface area contributed by atoms with E-state index in [-0.39, 0.29) is 5.91 Å².